The summed E-state index contributed by atoms with van der Waals surface area (Å²) in [6.45, 7) is 2.04. The largest absolute Gasteiger partial charge is 0.465 e. The number of pyridine rings is 1. The van der Waals surface area contributed by atoms with Crippen LogP contribution in [0.15, 0.2) is 12.3 Å². The average molecular weight is 309 g/mol. The Kier molecular flexibility index (Phi) is 5.26. The van der Waals surface area contributed by atoms with Crippen LogP contribution < -0.4 is 4.90 Å². The van der Waals surface area contributed by atoms with Gasteiger partial charge < -0.3 is 14.4 Å². The van der Waals surface area contributed by atoms with Gasteiger partial charge in [0.1, 0.15) is 0 Å². The van der Waals surface area contributed by atoms with E-state index in [9.17, 15) is 14.9 Å². The molecule has 0 amide bonds. The van der Waals surface area contributed by atoms with E-state index in [1.807, 2.05) is 0 Å². The number of hydrogen-bond donors (Lipinski definition) is 0. The van der Waals surface area contributed by atoms with Crippen LogP contribution in [0.3, 0.4) is 0 Å². The Morgan fingerprint density at radius 1 is 1.64 bits per heavy atom. The fraction of sp³-hybridized carbons (Fsp3) is 0.571. The minimum Gasteiger partial charge on any atom is -0.465 e. The van der Waals surface area contributed by atoms with Crippen molar-refractivity contribution >= 4 is 17.5 Å². The fourth-order valence-electron chi connectivity index (χ4n) is 2.53. The molecule has 8 nitrogen and oxygen atoms in total. The Labute approximate surface area is 128 Å². The van der Waals surface area contributed by atoms with Crippen molar-refractivity contribution in [1.29, 1.82) is 0 Å². The van der Waals surface area contributed by atoms with Crippen LogP contribution in [-0.2, 0) is 9.47 Å². The molecule has 120 valence electrons. The van der Waals surface area contributed by atoms with Gasteiger partial charge >= 0.3 is 11.7 Å². The quantitative estimate of drug-likeness (QED) is 0.463. The Bertz CT molecular complexity index is 557. The average Bonchev–Trinajstić information content (AvgIpc) is 2.54. The van der Waals surface area contributed by atoms with Gasteiger partial charge in [0, 0.05) is 32.5 Å². The summed E-state index contributed by atoms with van der Waals surface area (Å²) in [6, 6.07) is 1.20. The molecule has 2 rings (SSSR count). The monoisotopic (exact) mass is 309 g/mol. The molecule has 0 N–H and O–H groups in total. The highest BCUT2D eigenvalue weighted by atomic mass is 16.6. The number of rotatable bonds is 5. The highest BCUT2D eigenvalue weighted by molar-refractivity contribution is 5.90. The predicted molar refractivity (Wildman–Crippen MR) is 79.0 cm³/mol. The van der Waals surface area contributed by atoms with Crippen LogP contribution in [0.1, 0.15) is 23.2 Å². The van der Waals surface area contributed by atoms with Gasteiger partial charge in [0.25, 0.3) is 0 Å². The first-order chi connectivity index (χ1) is 10.5. The second-order valence-electron chi connectivity index (χ2n) is 5.28. The molecule has 0 radical (unpaired) electrons. The molecule has 1 saturated heterocycles. The molecule has 8 heteroatoms. The second-order valence-corrected chi connectivity index (χ2v) is 5.28. The number of ether oxygens (including phenoxy) is 2. The number of nitrogens with zero attached hydrogens (tertiary/aromatic N) is 3. The van der Waals surface area contributed by atoms with Crippen LogP contribution in [-0.4, -0.2) is 49.8 Å². The maximum atomic E-state index is 11.5. The van der Waals surface area contributed by atoms with Gasteiger partial charge in [-0.25, -0.2) is 9.78 Å². The molecule has 22 heavy (non-hydrogen) atoms. The number of esters is 1. The second kappa shape index (κ2) is 7.17. The van der Waals surface area contributed by atoms with Gasteiger partial charge in [-0.15, -0.1) is 0 Å². The third-order valence-corrected chi connectivity index (χ3v) is 3.61. The lowest BCUT2D eigenvalue weighted by molar-refractivity contribution is -0.384. The van der Waals surface area contributed by atoms with Crippen molar-refractivity contribution in [2.45, 2.75) is 12.8 Å². The summed E-state index contributed by atoms with van der Waals surface area (Å²) in [7, 11) is 2.97. The zero-order valence-corrected chi connectivity index (χ0v) is 12.7. The zero-order valence-electron chi connectivity index (χ0n) is 12.7. The molecular weight excluding hydrogens is 290 g/mol. The van der Waals surface area contributed by atoms with E-state index in [0.717, 1.165) is 19.4 Å². The summed E-state index contributed by atoms with van der Waals surface area (Å²) in [5, 5.41) is 11.2. The molecule has 1 aliphatic rings. The lowest BCUT2D eigenvalue weighted by atomic mass is 10.0. The Morgan fingerprint density at radius 2 is 2.41 bits per heavy atom. The van der Waals surface area contributed by atoms with Gasteiger partial charge in [0.2, 0.25) is 5.82 Å². The lowest BCUT2D eigenvalue weighted by Gasteiger charge is -2.27. The summed E-state index contributed by atoms with van der Waals surface area (Å²) >= 11 is 0. The van der Waals surface area contributed by atoms with Gasteiger partial charge in [0.05, 0.1) is 24.2 Å². The SMILES string of the molecule is COC(=O)c1cnc(N(C)CC2CCCOC2)c([N+](=O)[O-])c1. The van der Waals surface area contributed by atoms with E-state index in [-0.39, 0.29) is 17.1 Å². The van der Waals surface area contributed by atoms with Crippen LogP contribution in [0, 0.1) is 16.0 Å². The van der Waals surface area contributed by atoms with Gasteiger partial charge in [-0.2, -0.15) is 0 Å². The van der Waals surface area contributed by atoms with E-state index in [2.05, 4.69) is 9.72 Å². The van der Waals surface area contributed by atoms with E-state index in [1.165, 1.54) is 19.4 Å². The van der Waals surface area contributed by atoms with Crippen molar-refractivity contribution in [2.75, 3.05) is 38.8 Å². The van der Waals surface area contributed by atoms with Gasteiger partial charge in [-0.1, -0.05) is 0 Å². The topological polar surface area (TPSA) is 94.8 Å². The highest BCUT2D eigenvalue weighted by Gasteiger charge is 2.24. The maximum absolute atomic E-state index is 11.5. The van der Waals surface area contributed by atoms with E-state index >= 15 is 0 Å². The summed E-state index contributed by atoms with van der Waals surface area (Å²) in [4.78, 5) is 28.0. The molecule has 1 aliphatic heterocycles. The van der Waals surface area contributed by atoms with E-state index in [0.29, 0.717) is 19.1 Å². The van der Waals surface area contributed by atoms with Crippen molar-refractivity contribution in [1.82, 2.24) is 4.98 Å². The molecule has 1 aromatic heterocycles. The minimum atomic E-state index is -0.648. The molecule has 1 fully saturated rings. The molecule has 0 bridgehead atoms. The van der Waals surface area contributed by atoms with Crippen LogP contribution in [0.2, 0.25) is 0 Å². The van der Waals surface area contributed by atoms with Crippen LogP contribution in [0.25, 0.3) is 0 Å². The number of methoxy groups -OCH3 is 1. The summed E-state index contributed by atoms with van der Waals surface area (Å²) in [6.07, 6.45) is 3.32. The maximum Gasteiger partial charge on any atom is 0.339 e. The third-order valence-electron chi connectivity index (χ3n) is 3.61. The third kappa shape index (κ3) is 3.70. The van der Waals surface area contributed by atoms with Crippen molar-refractivity contribution in [3.8, 4) is 0 Å². The van der Waals surface area contributed by atoms with Crippen LogP contribution >= 0.6 is 0 Å². The van der Waals surface area contributed by atoms with Crippen LogP contribution in [0.4, 0.5) is 11.5 Å². The summed E-state index contributed by atoms with van der Waals surface area (Å²) in [5.74, 6) is -0.0888. The number of carbonyl (C=O) groups excluding carboxylic acids is 1. The first-order valence-electron chi connectivity index (χ1n) is 7.04. The predicted octanol–water partition coefficient (Wildman–Crippen LogP) is 1.64. The number of hydrogen-bond acceptors (Lipinski definition) is 7. The van der Waals surface area contributed by atoms with Crippen molar-refractivity contribution < 1.29 is 19.2 Å². The number of carbonyl (C=O) groups is 1. The number of nitro groups is 1. The van der Waals surface area contributed by atoms with Crippen LogP contribution in [0.5, 0.6) is 0 Å². The molecule has 1 atom stereocenters. The van der Waals surface area contributed by atoms with Crippen molar-refractivity contribution in [3.63, 3.8) is 0 Å². The Hall–Kier alpha value is -2.22. The van der Waals surface area contributed by atoms with Gasteiger partial charge in [-0.3, -0.25) is 10.1 Å². The number of aromatic nitrogens is 1. The smallest absolute Gasteiger partial charge is 0.339 e. The molecule has 2 heterocycles. The first-order valence-corrected chi connectivity index (χ1v) is 7.04. The molecule has 1 aromatic rings. The molecular formula is C14H19N3O5. The molecule has 0 saturated carbocycles. The fourth-order valence-corrected chi connectivity index (χ4v) is 2.53. The molecule has 0 aliphatic carbocycles. The molecule has 1 unspecified atom stereocenters. The summed E-state index contributed by atoms with van der Waals surface area (Å²) < 4.78 is 9.98. The van der Waals surface area contributed by atoms with E-state index < -0.39 is 10.9 Å². The molecule has 0 spiro atoms. The minimum absolute atomic E-state index is 0.0624. The van der Waals surface area contributed by atoms with E-state index in [1.54, 1.807) is 11.9 Å². The highest BCUT2D eigenvalue weighted by Crippen LogP contribution is 2.27. The first kappa shape index (κ1) is 16.2. The van der Waals surface area contributed by atoms with Gasteiger partial charge in [-0.05, 0) is 18.8 Å². The Balaban J connectivity index is 2.21. The zero-order chi connectivity index (χ0) is 16.1. The normalized spacial score (nSPS) is 17.8. The standard InChI is InChI=1S/C14H19N3O5/c1-16(8-10-4-3-5-22-9-10)13-12(17(19)20)6-11(7-15-13)14(18)21-2/h6-7,10H,3-5,8-9H2,1-2H3. The Morgan fingerprint density at radius 3 is 3.00 bits per heavy atom. The molecule has 0 aromatic carbocycles. The van der Waals surface area contributed by atoms with E-state index in [4.69, 9.17) is 4.74 Å². The van der Waals surface area contributed by atoms with Crippen molar-refractivity contribution in [3.05, 3.63) is 27.9 Å². The lowest BCUT2D eigenvalue weighted by Crippen LogP contribution is -2.31. The van der Waals surface area contributed by atoms with Crippen molar-refractivity contribution in [2.24, 2.45) is 5.92 Å². The number of anilines is 1. The summed E-state index contributed by atoms with van der Waals surface area (Å²) in [5.41, 5.74) is -0.144. The van der Waals surface area contributed by atoms with Gasteiger partial charge in [0.15, 0.2) is 0 Å².